The molecule has 0 aliphatic rings. The summed E-state index contributed by atoms with van der Waals surface area (Å²) < 4.78 is 3.47. The number of aliphatic hydroxyl groups is 1. The van der Waals surface area contributed by atoms with E-state index in [-0.39, 0.29) is 12.9 Å². The molecular weight excluding hydrogens is 172 g/mol. The zero-order valence-corrected chi connectivity index (χ0v) is 8.66. The fourth-order valence-electron chi connectivity index (χ4n) is 0.523. The molecule has 0 aromatic rings. The molecule has 0 radical (unpaired) electrons. The molecule has 0 rings (SSSR count). The Hall–Kier alpha value is -0.900. The maximum Gasteiger partial charge on any atom is 0.300 e. The molecule has 0 saturated carbocycles. The SMILES string of the molecule is CCCCCC.CO.O=COC=O. The molecule has 1 N–H and O–H groups in total. The highest BCUT2D eigenvalue weighted by Crippen LogP contribution is 1.95. The van der Waals surface area contributed by atoms with E-state index in [0.29, 0.717) is 0 Å². The van der Waals surface area contributed by atoms with Crippen molar-refractivity contribution in [3.05, 3.63) is 0 Å². The van der Waals surface area contributed by atoms with Crippen LogP contribution in [0.1, 0.15) is 39.5 Å². The van der Waals surface area contributed by atoms with E-state index >= 15 is 0 Å². The highest BCUT2D eigenvalue weighted by molar-refractivity contribution is 5.55. The van der Waals surface area contributed by atoms with Crippen LogP contribution in [0.25, 0.3) is 0 Å². The first kappa shape index (κ1) is 18.0. The van der Waals surface area contributed by atoms with Gasteiger partial charge in [-0.05, 0) is 0 Å². The third kappa shape index (κ3) is 54.7. The van der Waals surface area contributed by atoms with Gasteiger partial charge in [0.1, 0.15) is 0 Å². The van der Waals surface area contributed by atoms with Gasteiger partial charge in [-0.1, -0.05) is 39.5 Å². The summed E-state index contributed by atoms with van der Waals surface area (Å²) in [6, 6.07) is 0. The molecular formula is C9H20O4. The number of hydrogen-bond acceptors (Lipinski definition) is 4. The Morgan fingerprint density at radius 3 is 1.38 bits per heavy atom. The summed E-state index contributed by atoms with van der Waals surface area (Å²) in [5, 5.41) is 7.00. The average molecular weight is 192 g/mol. The standard InChI is InChI=1S/C6H14.C2H2O3.CH4O/c1-3-5-6-4-2;3-1-5-2-4;1-2/h3-6H2,1-2H3;1-2H;2H,1H3. The first-order chi connectivity index (χ1) is 6.33. The lowest BCUT2D eigenvalue weighted by Gasteiger charge is -1.86. The zero-order chi connectivity index (χ0) is 10.9. The lowest BCUT2D eigenvalue weighted by atomic mass is 10.2. The summed E-state index contributed by atoms with van der Waals surface area (Å²) in [7, 11) is 1.00. The lowest BCUT2D eigenvalue weighted by molar-refractivity contribution is -0.141. The number of aliphatic hydroxyl groups excluding tert-OH is 1. The Kier molecular flexibility index (Phi) is 42.1. The average Bonchev–Trinajstić information content (AvgIpc) is 2.20. The number of unbranched alkanes of at least 4 members (excludes halogenated alkanes) is 3. The van der Waals surface area contributed by atoms with Crippen molar-refractivity contribution in [2.75, 3.05) is 7.11 Å². The molecule has 0 aromatic heterocycles. The predicted octanol–water partition coefficient (Wildman–Crippen LogP) is 1.51. The molecule has 4 nitrogen and oxygen atoms in total. The van der Waals surface area contributed by atoms with Crippen LogP contribution >= 0.6 is 0 Å². The van der Waals surface area contributed by atoms with E-state index in [1.807, 2.05) is 0 Å². The molecule has 80 valence electrons. The quantitative estimate of drug-likeness (QED) is 0.407. The van der Waals surface area contributed by atoms with Gasteiger partial charge in [0, 0.05) is 7.11 Å². The van der Waals surface area contributed by atoms with Crippen LogP contribution in [0.3, 0.4) is 0 Å². The van der Waals surface area contributed by atoms with Crippen molar-refractivity contribution in [2.45, 2.75) is 39.5 Å². The Bertz CT molecular complexity index is 73.7. The fraction of sp³-hybridized carbons (Fsp3) is 0.778. The minimum absolute atomic E-state index is 0.0625. The smallest absolute Gasteiger partial charge is 0.300 e. The van der Waals surface area contributed by atoms with Crippen molar-refractivity contribution in [1.82, 2.24) is 0 Å². The number of carbonyl (C=O) groups is 2. The van der Waals surface area contributed by atoms with Gasteiger partial charge in [-0.3, -0.25) is 9.59 Å². The third-order valence-electron chi connectivity index (χ3n) is 1.07. The summed E-state index contributed by atoms with van der Waals surface area (Å²) in [6.45, 7) is 4.59. The molecule has 0 fully saturated rings. The zero-order valence-electron chi connectivity index (χ0n) is 8.66. The molecule has 0 aromatic carbocycles. The van der Waals surface area contributed by atoms with Crippen molar-refractivity contribution < 1.29 is 19.4 Å². The Labute approximate surface area is 79.9 Å². The van der Waals surface area contributed by atoms with Crippen LogP contribution in [0.5, 0.6) is 0 Å². The largest absolute Gasteiger partial charge is 0.400 e. The van der Waals surface area contributed by atoms with Gasteiger partial charge in [0.15, 0.2) is 0 Å². The second-order valence-electron chi connectivity index (χ2n) is 2.04. The number of hydrogen-bond donors (Lipinski definition) is 1. The van der Waals surface area contributed by atoms with E-state index in [1.165, 1.54) is 25.7 Å². The van der Waals surface area contributed by atoms with Gasteiger partial charge in [0.2, 0.25) is 0 Å². The molecule has 0 atom stereocenters. The van der Waals surface area contributed by atoms with Gasteiger partial charge in [0.05, 0.1) is 0 Å². The van der Waals surface area contributed by atoms with Crippen LogP contribution < -0.4 is 0 Å². The molecule has 13 heavy (non-hydrogen) atoms. The Balaban J connectivity index is -0.000000131. The summed E-state index contributed by atoms with van der Waals surface area (Å²) in [6.07, 6.45) is 5.54. The van der Waals surface area contributed by atoms with Crippen LogP contribution in [0.2, 0.25) is 0 Å². The minimum Gasteiger partial charge on any atom is -0.400 e. The second-order valence-corrected chi connectivity index (χ2v) is 2.04. The molecule has 0 aliphatic carbocycles. The fourth-order valence-corrected chi connectivity index (χ4v) is 0.523. The molecule has 0 amide bonds. The molecule has 0 spiro atoms. The summed E-state index contributed by atoms with van der Waals surface area (Å²) in [4.78, 5) is 17.9. The molecule has 0 saturated heterocycles. The predicted molar refractivity (Wildman–Crippen MR) is 51.2 cm³/mol. The maximum atomic E-state index is 8.95. The Morgan fingerprint density at radius 2 is 1.31 bits per heavy atom. The van der Waals surface area contributed by atoms with E-state index in [0.717, 1.165) is 7.11 Å². The highest BCUT2D eigenvalue weighted by atomic mass is 16.6. The number of rotatable bonds is 5. The minimum atomic E-state index is 0.0625. The van der Waals surface area contributed by atoms with Crippen LogP contribution in [0.4, 0.5) is 0 Å². The van der Waals surface area contributed by atoms with Crippen LogP contribution in [0.15, 0.2) is 0 Å². The first-order valence-corrected chi connectivity index (χ1v) is 4.30. The summed E-state index contributed by atoms with van der Waals surface area (Å²) >= 11 is 0. The van der Waals surface area contributed by atoms with Gasteiger partial charge in [-0.15, -0.1) is 0 Å². The molecule has 0 unspecified atom stereocenters. The maximum absolute atomic E-state index is 8.95. The lowest BCUT2D eigenvalue weighted by Crippen LogP contribution is -1.77. The van der Waals surface area contributed by atoms with E-state index in [9.17, 15) is 0 Å². The van der Waals surface area contributed by atoms with Crippen LogP contribution in [0, 0.1) is 0 Å². The summed E-state index contributed by atoms with van der Waals surface area (Å²) in [5.74, 6) is 0. The van der Waals surface area contributed by atoms with Gasteiger partial charge >= 0.3 is 12.9 Å². The highest BCUT2D eigenvalue weighted by Gasteiger charge is 1.75. The van der Waals surface area contributed by atoms with E-state index < -0.39 is 0 Å². The van der Waals surface area contributed by atoms with Crippen molar-refractivity contribution in [1.29, 1.82) is 0 Å². The Morgan fingerprint density at radius 1 is 1.00 bits per heavy atom. The molecule has 0 aliphatic heterocycles. The monoisotopic (exact) mass is 192 g/mol. The van der Waals surface area contributed by atoms with Gasteiger partial charge < -0.3 is 9.84 Å². The second kappa shape index (κ2) is 30.4. The summed E-state index contributed by atoms with van der Waals surface area (Å²) in [5.41, 5.74) is 0. The third-order valence-corrected chi connectivity index (χ3v) is 1.07. The molecule has 4 heteroatoms. The normalized spacial score (nSPS) is 6.77. The van der Waals surface area contributed by atoms with Crippen LogP contribution in [-0.4, -0.2) is 25.2 Å². The van der Waals surface area contributed by atoms with Gasteiger partial charge in [-0.25, -0.2) is 0 Å². The van der Waals surface area contributed by atoms with Crippen molar-refractivity contribution in [3.63, 3.8) is 0 Å². The van der Waals surface area contributed by atoms with E-state index in [4.69, 9.17) is 14.7 Å². The number of ether oxygens (including phenoxy) is 1. The van der Waals surface area contributed by atoms with E-state index in [1.54, 1.807) is 0 Å². The first-order valence-electron chi connectivity index (χ1n) is 4.30. The molecule has 0 bridgehead atoms. The topological polar surface area (TPSA) is 63.6 Å². The van der Waals surface area contributed by atoms with Crippen molar-refractivity contribution in [2.24, 2.45) is 0 Å². The van der Waals surface area contributed by atoms with Crippen LogP contribution in [-0.2, 0) is 14.3 Å². The van der Waals surface area contributed by atoms with Gasteiger partial charge in [-0.2, -0.15) is 0 Å². The van der Waals surface area contributed by atoms with Gasteiger partial charge in [0.25, 0.3) is 0 Å². The number of carbonyl (C=O) groups excluding carboxylic acids is 2. The van der Waals surface area contributed by atoms with Crippen molar-refractivity contribution >= 4 is 12.9 Å². The van der Waals surface area contributed by atoms with Crippen molar-refractivity contribution in [3.8, 4) is 0 Å². The van der Waals surface area contributed by atoms with E-state index in [2.05, 4.69) is 18.6 Å². The molecule has 0 heterocycles.